The van der Waals surface area contributed by atoms with Gasteiger partial charge in [0, 0.05) is 11.8 Å². The molecule has 0 aliphatic heterocycles. The fourth-order valence-electron chi connectivity index (χ4n) is 3.49. The molecule has 1 N–H and O–H groups in total. The number of rotatable bonds is 3. The van der Waals surface area contributed by atoms with Gasteiger partial charge in [-0.3, -0.25) is 4.98 Å². The summed E-state index contributed by atoms with van der Waals surface area (Å²) in [6.07, 6.45) is 8.98. The minimum Gasteiger partial charge on any atom is -0.492 e. The standard InChI is InChI=1S/C16H19NO2/c18-5-1-2-13-8-16(10-17-9-13)19-11-15-7-12-3-4-14(15)6-12/h8-10,12,14-15,18H,3-7,11H2. The first kappa shape index (κ1) is 12.5. The molecule has 3 atom stereocenters. The Labute approximate surface area is 114 Å². The number of aromatic nitrogens is 1. The van der Waals surface area contributed by atoms with E-state index in [1.807, 2.05) is 6.07 Å². The number of aliphatic hydroxyl groups excluding tert-OH is 1. The van der Waals surface area contributed by atoms with Crippen LogP contribution in [0.5, 0.6) is 5.75 Å². The highest BCUT2D eigenvalue weighted by Crippen LogP contribution is 2.48. The van der Waals surface area contributed by atoms with Crippen molar-refractivity contribution in [3.63, 3.8) is 0 Å². The third kappa shape index (κ3) is 2.90. The Morgan fingerprint density at radius 3 is 3.00 bits per heavy atom. The molecule has 100 valence electrons. The van der Waals surface area contributed by atoms with E-state index in [-0.39, 0.29) is 6.61 Å². The average Bonchev–Trinajstić information content (AvgIpc) is 3.06. The van der Waals surface area contributed by atoms with Crippen LogP contribution in [0.4, 0.5) is 0 Å². The van der Waals surface area contributed by atoms with Crippen LogP contribution in [0.25, 0.3) is 0 Å². The molecular formula is C16H19NO2. The van der Waals surface area contributed by atoms with E-state index in [1.54, 1.807) is 12.4 Å². The second-order valence-electron chi connectivity index (χ2n) is 5.62. The average molecular weight is 257 g/mol. The molecule has 1 aromatic rings. The molecule has 3 nitrogen and oxygen atoms in total. The van der Waals surface area contributed by atoms with Gasteiger partial charge in [-0.25, -0.2) is 0 Å². The predicted molar refractivity (Wildman–Crippen MR) is 72.6 cm³/mol. The molecule has 0 aromatic carbocycles. The zero-order valence-electron chi connectivity index (χ0n) is 11.0. The zero-order valence-corrected chi connectivity index (χ0v) is 11.0. The van der Waals surface area contributed by atoms with E-state index in [0.29, 0.717) is 0 Å². The summed E-state index contributed by atoms with van der Waals surface area (Å²) >= 11 is 0. The SMILES string of the molecule is OCC#Cc1cncc(OCC2CC3CCC2C3)c1. The summed E-state index contributed by atoms with van der Waals surface area (Å²) < 4.78 is 5.87. The van der Waals surface area contributed by atoms with Crippen molar-refractivity contribution >= 4 is 0 Å². The van der Waals surface area contributed by atoms with Crippen LogP contribution in [0, 0.1) is 29.6 Å². The van der Waals surface area contributed by atoms with E-state index >= 15 is 0 Å². The summed E-state index contributed by atoms with van der Waals surface area (Å²) in [6.45, 7) is 0.677. The Kier molecular flexibility index (Phi) is 3.70. The number of fused-ring (bicyclic) bond motifs is 2. The van der Waals surface area contributed by atoms with Crippen molar-refractivity contribution < 1.29 is 9.84 Å². The van der Waals surface area contributed by atoms with E-state index in [9.17, 15) is 0 Å². The van der Waals surface area contributed by atoms with Crippen molar-refractivity contribution in [2.75, 3.05) is 13.2 Å². The summed E-state index contributed by atoms with van der Waals surface area (Å²) in [5.74, 6) is 8.82. The molecule has 3 rings (SSSR count). The van der Waals surface area contributed by atoms with Crippen molar-refractivity contribution in [2.24, 2.45) is 17.8 Å². The largest absolute Gasteiger partial charge is 0.492 e. The number of ether oxygens (including phenoxy) is 1. The summed E-state index contributed by atoms with van der Waals surface area (Å²) in [4.78, 5) is 4.12. The lowest BCUT2D eigenvalue weighted by atomic mass is 9.89. The molecule has 0 saturated heterocycles. The molecule has 0 amide bonds. The summed E-state index contributed by atoms with van der Waals surface area (Å²) in [5.41, 5.74) is 0.791. The lowest BCUT2D eigenvalue weighted by Crippen LogP contribution is -2.18. The third-order valence-electron chi connectivity index (χ3n) is 4.37. The van der Waals surface area contributed by atoms with Gasteiger partial charge in [-0.15, -0.1) is 0 Å². The maximum atomic E-state index is 8.68. The predicted octanol–water partition coefficient (Wildman–Crippen LogP) is 2.24. The fourth-order valence-corrected chi connectivity index (χ4v) is 3.49. The van der Waals surface area contributed by atoms with Crippen LogP contribution in [-0.4, -0.2) is 23.3 Å². The van der Waals surface area contributed by atoms with Crippen LogP contribution in [0.15, 0.2) is 18.5 Å². The Morgan fingerprint density at radius 2 is 2.26 bits per heavy atom. The molecule has 2 aliphatic carbocycles. The maximum Gasteiger partial charge on any atom is 0.138 e. The monoisotopic (exact) mass is 257 g/mol. The van der Waals surface area contributed by atoms with Crippen LogP contribution in [0.2, 0.25) is 0 Å². The van der Waals surface area contributed by atoms with Crippen molar-refractivity contribution in [2.45, 2.75) is 25.7 Å². The fraction of sp³-hybridized carbons (Fsp3) is 0.562. The molecule has 3 heteroatoms. The molecule has 2 bridgehead atoms. The zero-order chi connectivity index (χ0) is 13.1. The summed E-state index contributed by atoms with van der Waals surface area (Å²) in [6, 6.07) is 1.89. The number of hydrogen-bond acceptors (Lipinski definition) is 3. The van der Waals surface area contributed by atoms with Gasteiger partial charge in [0.25, 0.3) is 0 Å². The van der Waals surface area contributed by atoms with Crippen LogP contribution < -0.4 is 4.74 Å². The highest BCUT2D eigenvalue weighted by molar-refractivity contribution is 5.36. The second-order valence-corrected chi connectivity index (χ2v) is 5.62. The molecular weight excluding hydrogens is 238 g/mol. The first-order chi connectivity index (χ1) is 9.35. The van der Waals surface area contributed by atoms with Crippen LogP contribution in [-0.2, 0) is 0 Å². The molecule has 2 aliphatic rings. The number of hydrogen-bond donors (Lipinski definition) is 1. The van der Waals surface area contributed by atoms with Crippen molar-refractivity contribution in [3.8, 4) is 17.6 Å². The molecule has 2 saturated carbocycles. The lowest BCUT2D eigenvalue weighted by Gasteiger charge is -2.21. The minimum absolute atomic E-state index is 0.129. The van der Waals surface area contributed by atoms with E-state index in [2.05, 4.69) is 16.8 Å². The highest BCUT2D eigenvalue weighted by Gasteiger charge is 2.39. The Morgan fingerprint density at radius 1 is 1.32 bits per heavy atom. The molecule has 2 fully saturated rings. The van der Waals surface area contributed by atoms with Crippen LogP contribution >= 0.6 is 0 Å². The van der Waals surface area contributed by atoms with Gasteiger partial charge in [0.05, 0.1) is 12.8 Å². The van der Waals surface area contributed by atoms with E-state index in [1.165, 1.54) is 25.7 Å². The molecule has 0 spiro atoms. The van der Waals surface area contributed by atoms with Gasteiger partial charge in [0.2, 0.25) is 0 Å². The van der Waals surface area contributed by atoms with E-state index in [0.717, 1.165) is 35.7 Å². The number of nitrogens with zero attached hydrogens (tertiary/aromatic N) is 1. The van der Waals surface area contributed by atoms with Gasteiger partial charge < -0.3 is 9.84 Å². The topological polar surface area (TPSA) is 42.4 Å². The maximum absolute atomic E-state index is 8.68. The summed E-state index contributed by atoms with van der Waals surface area (Å²) in [5, 5.41) is 8.68. The Hall–Kier alpha value is -1.53. The highest BCUT2D eigenvalue weighted by atomic mass is 16.5. The molecule has 1 aromatic heterocycles. The first-order valence-corrected chi connectivity index (χ1v) is 7.02. The van der Waals surface area contributed by atoms with E-state index in [4.69, 9.17) is 9.84 Å². The lowest BCUT2D eigenvalue weighted by molar-refractivity contribution is 0.194. The van der Waals surface area contributed by atoms with Gasteiger partial charge in [-0.1, -0.05) is 18.3 Å². The normalized spacial score (nSPS) is 27.9. The third-order valence-corrected chi connectivity index (χ3v) is 4.37. The molecule has 3 unspecified atom stereocenters. The Bertz CT molecular complexity index is 503. The first-order valence-electron chi connectivity index (χ1n) is 7.02. The molecule has 0 radical (unpaired) electrons. The van der Waals surface area contributed by atoms with Gasteiger partial charge in [0.1, 0.15) is 12.4 Å². The second kappa shape index (κ2) is 5.63. The van der Waals surface area contributed by atoms with Gasteiger partial charge in [-0.2, -0.15) is 0 Å². The molecule has 1 heterocycles. The summed E-state index contributed by atoms with van der Waals surface area (Å²) in [7, 11) is 0. The van der Waals surface area contributed by atoms with Crippen molar-refractivity contribution in [3.05, 3.63) is 24.0 Å². The van der Waals surface area contributed by atoms with Crippen molar-refractivity contribution in [1.82, 2.24) is 4.98 Å². The van der Waals surface area contributed by atoms with Crippen molar-refractivity contribution in [1.29, 1.82) is 0 Å². The smallest absolute Gasteiger partial charge is 0.138 e. The minimum atomic E-state index is -0.129. The number of aliphatic hydroxyl groups is 1. The van der Waals surface area contributed by atoms with Gasteiger partial charge in [-0.05, 0) is 43.1 Å². The Balaban J connectivity index is 1.58. The van der Waals surface area contributed by atoms with E-state index < -0.39 is 0 Å². The quantitative estimate of drug-likeness (QED) is 0.844. The number of pyridine rings is 1. The van der Waals surface area contributed by atoms with Gasteiger partial charge >= 0.3 is 0 Å². The van der Waals surface area contributed by atoms with Gasteiger partial charge in [0.15, 0.2) is 0 Å². The van der Waals surface area contributed by atoms with Crippen LogP contribution in [0.1, 0.15) is 31.2 Å². The molecule has 19 heavy (non-hydrogen) atoms. The van der Waals surface area contributed by atoms with Crippen LogP contribution in [0.3, 0.4) is 0 Å².